The van der Waals surface area contributed by atoms with E-state index in [0.29, 0.717) is 25.6 Å². The molecule has 0 aliphatic rings. The van der Waals surface area contributed by atoms with Crippen molar-refractivity contribution in [2.75, 3.05) is 10.9 Å². The van der Waals surface area contributed by atoms with E-state index in [1.807, 2.05) is 6.92 Å². The minimum absolute atomic E-state index is 0.0428. The van der Waals surface area contributed by atoms with E-state index in [1.54, 1.807) is 18.2 Å². The van der Waals surface area contributed by atoms with Crippen molar-refractivity contribution in [2.45, 2.75) is 11.8 Å². The summed E-state index contributed by atoms with van der Waals surface area (Å²) < 4.78 is 34.3. The van der Waals surface area contributed by atoms with Crippen molar-refractivity contribution in [1.29, 1.82) is 0 Å². The molecule has 10 heteroatoms. The van der Waals surface area contributed by atoms with Gasteiger partial charge in [0, 0.05) is 9.50 Å². The molecule has 0 bridgehead atoms. The second kappa shape index (κ2) is 9.18. The van der Waals surface area contributed by atoms with Crippen molar-refractivity contribution in [2.24, 2.45) is 0 Å². The molecular weight excluding hydrogens is 566 g/mol. The number of amides is 1. The van der Waals surface area contributed by atoms with Gasteiger partial charge in [0.2, 0.25) is 0 Å². The molecule has 0 atom stereocenters. The number of thiophene rings is 1. The number of anilines is 1. The molecule has 0 unspecified atom stereocenters. The SMILES string of the molecule is CCOc1ccc(N(C(=O)c2cc(Br)c(Br)s2)S(=O)(=O)c2ccc(Cl)cc2)cc1. The topological polar surface area (TPSA) is 63.7 Å². The Balaban J connectivity index is 2.12. The zero-order valence-corrected chi connectivity index (χ0v) is 20.5. The van der Waals surface area contributed by atoms with Crippen LogP contribution in [0.5, 0.6) is 5.75 Å². The molecule has 0 fully saturated rings. The maximum atomic E-state index is 13.4. The molecule has 0 aliphatic heterocycles. The Morgan fingerprint density at radius 3 is 2.24 bits per heavy atom. The van der Waals surface area contributed by atoms with Gasteiger partial charge in [0.05, 0.1) is 25.9 Å². The molecule has 1 aromatic heterocycles. The first-order valence-electron chi connectivity index (χ1n) is 8.27. The molecule has 152 valence electrons. The molecule has 0 saturated heterocycles. The lowest BCUT2D eigenvalue weighted by molar-refractivity contribution is 0.101. The number of hydrogen-bond donors (Lipinski definition) is 0. The summed E-state index contributed by atoms with van der Waals surface area (Å²) in [6.45, 7) is 2.32. The lowest BCUT2D eigenvalue weighted by Crippen LogP contribution is -2.36. The fourth-order valence-electron chi connectivity index (χ4n) is 2.47. The van der Waals surface area contributed by atoms with Crippen molar-refractivity contribution in [3.8, 4) is 5.75 Å². The first-order valence-corrected chi connectivity index (χ1v) is 12.5. The maximum Gasteiger partial charge on any atom is 0.282 e. The van der Waals surface area contributed by atoms with E-state index in [4.69, 9.17) is 16.3 Å². The van der Waals surface area contributed by atoms with Gasteiger partial charge in [-0.05, 0) is 93.4 Å². The Labute approximate surface area is 194 Å². The summed E-state index contributed by atoms with van der Waals surface area (Å²) in [7, 11) is -4.19. The maximum absolute atomic E-state index is 13.4. The predicted octanol–water partition coefficient (Wildman–Crippen LogP) is 6.36. The third-order valence-electron chi connectivity index (χ3n) is 3.77. The largest absolute Gasteiger partial charge is 0.494 e. The monoisotopic (exact) mass is 577 g/mol. The van der Waals surface area contributed by atoms with Crippen molar-refractivity contribution in [1.82, 2.24) is 0 Å². The van der Waals surface area contributed by atoms with Crippen LogP contribution < -0.4 is 9.04 Å². The fourth-order valence-corrected chi connectivity index (χ4v) is 6.03. The summed E-state index contributed by atoms with van der Waals surface area (Å²) in [5.74, 6) is -0.0883. The van der Waals surface area contributed by atoms with Crippen LogP contribution in [0.25, 0.3) is 0 Å². The van der Waals surface area contributed by atoms with E-state index in [9.17, 15) is 13.2 Å². The second-order valence-electron chi connectivity index (χ2n) is 5.69. The standard InChI is InChI=1S/C19H14Br2ClNO4S2/c1-2-27-14-7-5-13(6-8-14)23(19(24)17-11-16(20)18(21)28-17)29(25,26)15-9-3-12(22)4-10-15/h3-11H,2H2,1H3. The summed E-state index contributed by atoms with van der Waals surface area (Å²) in [5, 5.41) is 0.397. The molecule has 3 aromatic rings. The normalized spacial score (nSPS) is 11.3. The van der Waals surface area contributed by atoms with E-state index in [-0.39, 0.29) is 15.5 Å². The molecule has 0 N–H and O–H groups in total. The third-order valence-corrected chi connectivity index (χ3v) is 9.00. The third kappa shape index (κ3) is 4.86. The van der Waals surface area contributed by atoms with Gasteiger partial charge in [-0.2, -0.15) is 4.31 Å². The van der Waals surface area contributed by atoms with E-state index >= 15 is 0 Å². The molecule has 0 spiro atoms. The highest BCUT2D eigenvalue weighted by Gasteiger charge is 2.33. The van der Waals surface area contributed by atoms with Crippen LogP contribution in [0.4, 0.5) is 5.69 Å². The van der Waals surface area contributed by atoms with Gasteiger partial charge in [-0.15, -0.1) is 11.3 Å². The molecule has 1 heterocycles. The number of rotatable bonds is 6. The predicted molar refractivity (Wildman–Crippen MR) is 123 cm³/mol. The second-order valence-corrected chi connectivity index (χ2v) is 11.1. The van der Waals surface area contributed by atoms with Crippen LogP contribution in [0.1, 0.15) is 16.6 Å². The highest BCUT2D eigenvalue weighted by Crippen LogP contribution is 2.35. The smallest absolute Gasteiger partial charge is 0.282 e. The summed E-state index contributed by atoms with van der Waals surface area (Å²) in [4.78, 5) is 13.5. The van der Waals surface area contributed by atoms with E-state index < -0.39 is 15.9 Å². The highest BCUT2D eigenvalue weighted by molar-refractivity contribution is 9.13. The van der Waals surface area contributed by atoms with Crippen molar-refractivity contribution in [3.05, 3.63) is 72.8 Å². The summed E-state index contributed by atoms with van der Waals surface area (Å²) in [5.41, 5.74) is 0.203. The molecule has 0 saturated carbocycles. The van der Waals surface area contributed by atoms with Gasteiger partial charge in [0.1, 0.15) is 5.75 Å². The van der Waals surface area contributed by atoms with Gasteiger partial charge in [0.25, 0.3) is 15.9 Å². The molecule has 5 nitrogen and oxygen atoms in total. The Bertz CT molecular complexity index is 1110. The quantitative estimate of drug-likeness (QED) is 0.341. The lowest BCUT2D eigenvalue weighted by atomic mass is 10.3. The fraction of sp³-hybridized carbons (Fsp3) is 0.105. The number of sulfonamides is 1. The van der Waals surface area contributed by atoms with Crippen LogP contribution in [0, 0.1) is 0 Å². The van der Waals surface area contributed by atoms with Crippen LogP contribution in [-0.4, -0.2) is 20.9 Å². The number of nitrogens with zero attached hydrogens (tertiary/aromatic N) is 1. The van der Waals surface area contributed by atoms with E-state index in [1.165, 1.54) is 36.4 Å². The van der Waals surface area contributed by atoms with E-state index in [2.05, 4.69) is 31.9 Å². The van der Waals surface area contributed by atoms with Gasteiger partial charge in [-0.1, -0.05) is 11.6 Å². The summed E-state index contributed by atoms with van der Waals surface area (Å²) in [6, 6.07) is 13.6. The minimum Gasteiger partial charge on any atom is -0.494 e. The Hall–Kier alpha value is -1.39. The first kappa shape index (κ1) is 22.3. The van der Waals surface area contributed by atoms with Crippen molar-refractivity contribution in [3.63, 3.8) is 0 Å². The zero-order chi connectivity index (χ0) is 21.2. The summed E-state index contributed by atoms with van der Waals surface area (Å²) >= 11 is 13.7. The van der Waals surface area contributed by atoms with E-state index in [0.717, 1.165) is 15.6 Å². The van der Waals surface area contributed by atoms with Crippen LogP contribution in [-0.2, 0) is 10.0 Å². The van der Waals surface area contributed by atoms with Gasteiger partial charge in [-0.3, -0.25) is 4.79 Å². The average Bonchev–Trinajstić information content (AvgIpc) is 3.02. The molecule has 0 radical (unpaired) electrons. The van der Waals surface area contributed by atoms with Crippen LogP contribution in [0.2, 0.25) is 5.02 Å². The number of carbonyl (C=O) groups excluding carboxylic acids is 1. The first-order chi connectivity index (χ1) is 13.7. The minimum atomic E-state index is -4.19. The van der Waals surface area contributed by atoms with Crippen LogP contribution in [0.3, 0.4) is 0 Å². The van der Waals surface area contributed by atoms with Crippen LogP contribution in [0.15, 0.2) is 67.8 Å². The molecule has 0 aliphatic carbocycles. The van der Waals surface area contributed by atoms with Gasteiger partial charge in [-0.25, -0.2) is 8.42 Å². The number of benzene rings is 2. The van der Waals surface area contributed by atoms with Gasteiger partial charge >= 0.3 is 0 Å². The average molecular weight is 580 g/mol. The van der Waals surface area contributed by atoms with Gasteiger partial charge in [0.15, 0.2) is 0 Å². The number of ether oxygens (including phenoxy) is 1. The Morgan fingerprint density at radius 1 is 1.10 bits per heavy atom. The highest BCUT2D eigenvalue weighted by atomic mass is 79.9. The molecular formula is C19H14Br2ClNO4S2. The molecule has 3 rings (SSSR count). The number of hydrogen-bond acceptors (Lipinski definition) is 5. The molecule has 29 heavy (non-hydrogen) atoms. The zero-order valence-electron chi connectivity index (χ0n) is 14.9. The van der Waals surface area contributed by atoms with Gasteiger partial charge < -0.3 is 4.74 Å². The Morgan fingerprint density at radius 2 is 1.72 bits per heavy atom. The number of carbonyl (C=O) groups is 1. The lowest BCUT2D eigenvalue weighted by Gasteiger charge is -2.22. The van der Waals surface area contributed by atoms with Crippen LogP contribution >= 0.6 is 54.8 Å². The Kier molecular flexibility index (Phi) is 7.06. The number of halogens is 3. The summed E-state index contributed by atoms with van der Waals surface area (Å²) in [6.07, 6.45) is 0. The van der Waals surface area contributed by atoms with Crippen molar-refractivity contribution >= 4 is 76.4 Å². The van der Waals surface area contributed by atoms with Crippen molar-refractivity contribution < 1.29 is 17.9 Å². The molecule has 1 amide bonds. The molecule has 2 aromatic carbocycles.